The Labute approximate surface area is 207 Å². The molecule has 0 radical (unpaired) electrons. The van der Waals surface area contributed by atoms with Gasteiger partial charge in [0.1, 0.15) is 5.58 Å². The van der Waals surface area contributed by atoms with Gasteiger partial charge in [-0.3, -0.25) is 9.59 Å². The highest BCUT2D eigenvalue weighted by molar-refractivity contribution is 6.31. The van der Waals surface area contributed by atoms with E-state index in [1.807, 2.05) is 30.3 Å². The molecule has 1 aromatic heterocycles. The molecule has 35 heavy (non-hydrogen) atoms. The molecule has 0 fully saturated rings. The first-order valence-corrected chi connectivity index (χ1v) is 12.0. The van der Waals surface area contributed by atoms with E-state index in [0.717, 1.165) is 11.3 Å². The van der Waals surface area contributed by atoms with Gasteiger partial charge in [0.25, 0.3) is 0 Å². The van der Waals surface area contributed by atoms with Crippen LogP contribution in [0.3, 0.4) is 0 Å². The average molecular weight is 490 g/mol. The van der Waals surface area contributed by atoms with Gasteiger partial charge in [-0.1, -0.05) is 41.9 Å². The van der Waals surface area contributed by atoms with Gasteiger partial charge in [0.05, 0.1) is 29.7 Å². The number of allylic oxidation sites excluding steroid dienone is 3. The Kier molecular flexibility index (Phi) is 6.31. The van der Waals surface area contributed by atoms with Crippen LogP contribution in [0.4, 0.5) is 0 Å². The van der Waals surface area contributed by atoms with E-state index in [1.54, 1.807) is 25.1 Å². The van der Waals surface area contributed by atoms with Crippen LogP contribution in [0.5, 0.6) is 0 Å². The number of benzene rings is 2. The summed E-state index contributed by atoms with van der Waals surface area (Å²) in [4.78, 5) is 40.1. The quantitative estimate of drug-likeness (QED) is 0.496. The first-order chi connectivity index (χ1) is 16.9. The SMILES string of the molecule is CC1=C(C(=O)OCCc2ccccc2)[C@@H](c2coc3ccc(Cl)cc3c2=O)C2=C(CCCC2=O)N1. The van der Waals surface area contributed by atoms with Crippen molar-refractivity contribution in [3.63, 3.8) is 0 Å². The van der Waals surface area contributed by atoms with E-state index in [2.05, 4.69) is 5.32 Å². The Morgan fingerprint density at radius 2 is 1.94 bits per heavy atom. The predicted molar refractivity (Wildman–Crippen MR) is 133 cm³/mol. The lowest BCUT2D eigenvalue weighted by molar-refractivity contribution is -0.139. The van der Waals surface area contributed by atoms with Crippen molar-refractivity contribution in [3.05, 3.63) is 104 Å². The average Bonchev–Trinajstić information content (AvgIpc) is 2.85. The fourth-order valence-electron chi connectivity index (χ4n) is 4.87. The molecule has 5 rings (SSSR count). The van der Waals surface area contributed by atoms with Crippen LogP contribution in [-0.4, -0.2) is 18.4 Å². The minimum atomic E-state index is -0.872. The van der Waals surface area contributed by atoms with E-state index < -0.39 is 11.9 Å². The molecule has 0 unspecified atom stereocenters. The van der Waals surface area contributed by atoms with Crippen molar-refractivity contribution in [2.24, 2.45) is 0 Å². The van der Waals surface area contributed by atoms with Gasteiger partial charge in [0.15, 0.2) is 11.2 Å². The summed E-state index contributed by atoms with van der Waals surface area (Å²) >= 11 is 6.14. The van der Waals surface area contributed by atoms with E-state index in [4.69, 9.17) is 20.8 Å². The molecule has 7 heteroatoms. The molecule has 1 aliphatic carbocycles. The maximum atomic E-state index is 13.6. The normalized spacial score (nSPS) is 17.9. The van der Waals surface area contributed by atoms with Gasteiger partial charge in [-0.25, -0.2) is 4.79 Å². The van der Waals surface area contributed by atoms with Crippen molar-refractivity contribution in [2.75, 3.05) is 6.61 Å². The fraction of sp³-hybridized carbons (Fsp3) is 0.250. The lowest BCUT2D eigenvalue weighted by Gasteiger charge is -2.33. The molecule has 3 aromatic rings. The van der Waals surface area contributed by atoms with Gasteiger partial charge < -0.3 is 14.5 Å². The molecule has 2 aliphatic rings. The summed E-state index contributed by atoms with van der Waals surface area (Å²) in [6, 6.07) is 14.5. The van der Waals surface area contributed by atoms with Gasteiger partial charge >= 0.3 is 5.97 Å². The van der Waals surface area contributed by atoms with Crippen molar-refractivity contribution in [1.29, 1.82) is 0 Å². The summed E-state index contributed by atoms with van der Waals surface area (Å²) in [5.74, 6) is -1.52. The highest BCUT2D eigenvalue weighted by Crippen LogP contribution is 2.42. The highest BCUT2D eigenvalue weighted by atomic mass is 35.5. The second-order valence-electron chi connectivity index (χ2n) is 8.80. The number of carbonyl (C=O) groups excluding carboxylic acids is 2. The molecular weight excluding hydrogens is 466 g/mol. The third kappa shape index (κ3) is 4.42. The number of Topliss-reactive ketones (excluding diaryl/α,β-unsaturated/α-hetero) is 1. The maximum absolute atomic E-state index is 13.6. The highest BCUT2D eigenvalue weighted by Gasteiger charge is 2.40. The number of carbonyl (C=O) groups is 2. The molecule has 1 N–H and O–H groups in total. The predicted octanol–water partition coefficient (Wildman–Crippen LogP) is 5.20. The number of dihydropyridines is 1. The van der Waals surface area contributed by atoms with Gasteiger partial charge in [0, 0.05) is 40.4 Å². The van der Waals surface area contributed by atoms with Crippen LogP contribution in [0.1, 0.15) is 43.2 Å². The van der Waals surface area contributed by atoms with Gasteiger partial charge in [-0.05, 0) is 43.5 Å². The first kappa shape index (κ1) is 23.1. The minimum absolute atomic E-state index is 0.0866. The Morgan fingerprint density at radius 1 is 1.14 bits per heavy atom. The second kappa shape index (κ2) is 9.55. The number of ketones is 1. The number of esters is 1. The fourth-order valence-corrected chi connectivity index (χ4v) is 5.04. The number of halogens is 1. The van der Waals surface area contributed by atoms with Crippen LogP contribution in [0, 0.1) is 0 Å². The van der Waals surface area contributed by atoms with Crippen molar-refractivity contribution >= 4 is 34.3 Å². The zero-order chi connectivity index (χ0) is 24.5. The van der Waals surface area contributed by atoms with E-state index in [-0.39, 0.29) is 29.0 Å². The monoisotopic (exact) mass is 489 g/mol. The molecule has 1 aliphatic heterocycles. The topological polar surface area (TPSA) is 85.6 Å². The van der Waals surface area contributed by atoms with E-state index >= 15 is 0 Å². The zero-order valence-electron chi connectivity index (χ0n) is 19.2. The van der Waals surface area contributed by atoms with Crippen LogP contribution in [-0.2, 0) is 20.7 Å². The number of ether oxygens (including phenoxy) is 1. The molecule has 0 bridgehead atoms. The molecular formula is C28H24ClNO5. The van der Waals surface area contributed by atoms with Gasteiger partial charge in [-0.2, -0.15) is 0 Å². The number of rotatable bonds is 5. The summed E-state index contributed by atoms with van der Waals surface area (Å²) in [6.45, 7) is 1.94. The summed E-state index contributed by atoms with van der Waals surface area (Å²) < 4.78 is 11.4. The summed E-state index contributed by atoms with van der Waals surface area (Å²) in [7, 11) is 0. The summed E-state index contributed by atoms with van der Waals surface area (Å²) in [5, 5.41) is 3.93. The molecule has 178 valence electrons. The molecule has 0 saturated heterocycles. The molecule has 0 saturated carbocycles. The Balaban J connectivity index is 1.56. The maximum Gasteiger partial charge on any atom is 0.336 e. The molecule has 0 amide bonds. The molecule has 6 nitrogen and oxygen atoms in total. The van der Waals surface area contributed by atoms with Crippen molar-refractivity contribution in [1.82, 2.24) is 5.32 Å². The number of fused-ring (bicyclic) bond motifs is 1. The number of hydrogen-bond acceptors (Lipinski definition) is 6. The van der Waals surface area contributed by atoms with Gasteiger partial charge in [0.2, 0.25) is 0 Å². The Hall–Kier alpha value is -3.64. The summed E-state index contributed by atoms with van der Waals surface area (Å²) in [6.07, 6.45) is 3.64. The largest absolute Gasteiger partial charge is 0.464 e. The summed E-state index contributed by atoms with van der Waals surface area (Å²) in [5.41, 5.74) is 3.32. The molecule has 2 heterocycles. The Morgan fingerprint density at radius 3 is 2.74 bits per heavy atom. The van der Waals surface area contributed by atoms with Gasteiger partial charge in [-0.15, -0.1) is 0 Å². The Bertz CT molecular complexity index is 1450. The molecule has 1 atom stereocenters. The van der Waals surface area contributed by atoms with E-state index in [0.29, 0.717) is 52.9 Å². The minimum Gasteiger partial charge on any atom is -0.464 e. The number of hydrogen-bond donors (Lipinski definition) is 1. The van der Waals surface area contributed by atoms with Crippen LogP contribution >= 0.6 is 11.6 Å². The van der Waals surface area contributed by atoms with Crippen LogP contribution in [0.2, 0.25) is 5.02 Å². The third-order valence-corrected chi connectivity index (χ3v) is 6.77. The smallest absolute Gasteiger partial charge is 0.336 e. The zero-order valence-corrected chi connectivity index (χ0v) is 20.0. The molecule has 2 aromatic carbocycles. The van der Waals surface area contributed by atoms with Crippen molar-refractivity contribution in [2.45, 2.75) is 38.5 Å². The van der Waals surface area contributed by atoms with E-state index in [9.17, 15) is 14.4 Å². The lowest BCUT2D eigenvalue weighted by Crippen LogP contribution is -2.36. The first-order valence-electron chi connectivity index (χ1n) is 11.6. The standard InChI is InChI=1S/C28H24ClNO5/c1-16-24(28(33)34-13-12-17-6-3-2-4-7-17)25(26-21(30-16)8-5-9-22(26)31)20-15-35-23-11-10-18(29)14-19(23)27(20)32/h2-4,6-7,10-11,14-15,25,30H,5,8-9,12-13H2,1H3/t25-/m1/s1. The van der Waals surface area contributed by atoms with Crippen LogP contribution in [0.25, 0.3) is 11.0 Å². The van der Waals surface area contributed by atoms with Crippen LogP contribution < -0.4 is 10.7 Å². The van der Waals surface area contributed by atoms with Crippen molar-refractivity contribution in [3.8, 4) is 0 Å². The third-order valence-electron chi connectivity index (χ3n) is 6.53. The van der Waals surface area contributed by atoms with E-state index in [1.165, 1.54) is 6.26 Å². The molecule has 0 spiro atoms. The van der Waals surface area contributed by atoms with Crippen molar-refractivity contribution < 1.29 is 18.7 Å². The second-order valence-corrected chi connectivity index (χ2v) is 9.23. The lowest BCUT2D eigenvalue weighted by atomic mass is 9.75. The number of nitrogens with one attached hydrogen (secondary N) is 1. The van der Waals surface area contributed by atoms with Crippen LogP contribution in [0.15, 0.2) is 86.5 Å².